The highest BCUT2D eigenvalue weighted by Gasteiger charge is 2.23. The Hall–Kier alpha value is -2.92. The van der Waals surface area contributed by atoms with E-state index in [9.17, 15) is 9.59 Å². The lowest BCUT2D eigenvalue weighted by Crippen LogP contribution is -2.48. The Bertz CT molecular complexity index is 884. The van der Waals surface area contributed by atoms with E-state index in [4.69, 9.17) is 0 Å². The van der Waals surface area contributed by atoms with Gasteiger partial charge in [-0.1, -0.05) is 42.5 Å². The predicted molar refractivity (Wildman–Crippen MR) is 111 cm³/mol. The van der Waals surface area contributed by atoms with Crippen LogP contribution in [0, 0.1) is 0 Å². The summed E-state index contributed by atoms with van der Waals surface area (Å²) in [6.45, 7) is 4.14. The Morgan fingerprint density at radius 1 is 1.00 bits per heavy atom. The summed E-state index contributed by atoms with van der Waals surface area (Å²) in [6.07, 6.45) is 5.51. The number of hydrogen-bond donors (Lipinski definition) is 1. The monoisotopic (exact) mass is 375 g/mol. The molecule has 5 nitrogen and oxygen atoms in total. The maximum absolute atomic E-state index is 12.9. The van der Waals surface area contributed by atoms with Gasteiger partial charge in [0, 0.05) is 50.4 Å². The number of carbonyl (C=O) groups excluding carboxylic acids is 2. The van der Waals surface area contributed by atoms with E-state index in [2.05, 4.69) is 34.5 Å². The van der Waals surface area contributed by atoms with Crippen molar-refractivity contribution in [3.05, 3.63) is 71.3 Å². The predicted octanol–water partition coefficient (Wildman–Crippen LogP) is 3.04. The summed E-state index contributed by atoms with van der Waals surface area (Å²) in [4.78, 5) is 28.6. The minimum atomic E-state index is 0.0454. The zero-order valence-electron chi connectivity index (χ0n) is 15.9. The molecule has 1 fully saturated rings. The number of rotatable bonds is 4. The fraction of sp³-hybridized carbons (Fsp3) is 0.304. The lowest BCUT2D eigenvalue weighted by atomic mass is 10.00. The number of anilines is 1. The first-order valence-electron chi connectivity index (χ1n) is 9.85. The summed E-state index contributed by atoms with van der Waals surface area (Å²) < 4.78 is 0. The Morgan fingerprint density at radius 3 is 2.57 bits per heavy atom. The highest BCUT2D eigenvalue weighted by molar-refractivity contribution is 5.98. The van der Waals surface area contributed by atoms with Gasteiger partial charge in [0.15, 0.2) is 0 Å². The summed E-state index contributed by atoms with van der Waals surface area (Å²) in [5, 5.41) is 2.87. The second-order valence-corrected chi connectivity index (χ2v) is 7.33. The van der Waals surface area contributed by atoms with Crippen molar-refractivity contribution in [1.82, 2.24) is 9.80 Å². The third kappa shape index (κ3) is 4.31. The molecule has 0 unspecified atom stereocenters. The van der Waals surface area contributed by atoms with E-state index in [1.54, 1.807) is 0 Å². The van der Waals surface area contributed by atoms with Gasteiger partial charge in [-0.25, -0.2) is 0 Å². The van der Waals surface area contributed by atoms with E-state index in [-0.39, 0.29) is 11.8 Å². The molecule has 1 N–H and O–H groups in total. The quantitative estimate of drug-likeness (QED) is 0.894. The summed E-state index contributed by atoms with van der Waals surface area (Å²) in [5.41, 5.74) is 3.81. The Morgan fingerprint density at radius 2 is 1.79 bits per heavy atom. The highest BCUT2D eigenvalue weighted by Crippen LogP contribution is 2.24. The van der Waals surface area contributed by atoms with Crippen molar-refractivity contribution in [2.75, 3.05) is 38.0 Å². The number of nitrogens with one attached hydrogen (secondary N) is 1. The SMILES string of the molecule is O=C1CCc2cc(C(=O)N3CCN(C/C=C/c4ccccc4)CC3)ccc2N1. The van der Waals surface area contributed by atoms with Crippen LogP contribution in [0.2, 0.25) is 0 Å². The Labute approximate surface area is 165 Å². The van der Waals surface area contributed by atoms with Crippen LogP contribution in [0.3, 0.4) is 0 Å². The maximum atomic E-state index is 12.9. The van der Waals surface area contributed by atoms with Crippen LogP contribution >= 0.6 is 0 Å². The topological polar surface area (TPSA) is 52.7 Å². The van der Waals surface area contributed by atoms with Crippen LogP contribution in [-0.2, 0) is 11.2 Å². The molecule has 144 valence electrons. The van der Waals surface area contributed by atoms with Crippen molar-refractivity contribution in [3.63, 3.8) is 0 Å². The largest absolute Gasteiger partial charge is 0.336 e. The lowest BCUT2D eigenvalue weighted by molar-refractivity contribution is -0.116. The average Bonchev–Trinajstić information content (AvgIpc) is 2.74. The number of nitrogens with zero attached hydrogens (tertiary/aromatic N) is 2. The molecule has 2 aromatic rings. The van der Waals surface area contributed by atoms with Crippen LogP contribution in [0.5, 0.6) is 0 Å². The highest BCUT2D eigenvalue weighted by atomic mass is 16.2. The van der Waals surface area contributed by atoms with Crippen LogP contribution in [-0.4, -0.2) is 54.3 Å². The zero-order valence-corrected chi connectivity index (χ0v) is 15.9. The zero-order chi connectivity index (χ0) is 19.3. The molecule has 2 aliphatic heterocycles. The van der Waals surface area contributed by atoms with Gasteiger partial charge in [-0.05, 0) is 35.7 Å². The molecule has 0 saturated carbocycles. The molecule has 0 spiro atoms. The lowest BCUT2D eigenvalue weighted by Gasteiger charge is -2.34. The molecular formula is C23H25N3O2. The smallest absolute Gasteiger partial charge is 0.253 e. The Balaban J connectivity index is 1.30. The molecule has 2 heterocycles. The molecule has 5 heteroatoms. The van der Waals surface area contributed by atoms with E-state index < -0.39 is 0 Å². The summed E-state index contributed by atoms with van der Waals surface area (Å²) in [7, 11) is 0. The van der Waals surface area contributed by atoms with E-state index in [1.165, 1.54) is 5.56 Å². The molecule has 4 rings (SSSR count). The maximum Gasteiger partial charge on any atom is 0.253 e. The second-order valence-electron chi connectivity index (χ2n) is 7.33. The van der Waals surface area contributed by atoms with E-state index in [0.29, 0.717) is 18.4 Å². The van der Waals surface area contributed by atoms with Gasteiger partial charge in [-0.15, -0.1) is 0 Å². The molecule has 0 bridgehead atoms. The third-order valence-corrected chi connectivity index (χ3v) is 5.38. The second kappa shape index (κ2) is 8.40. The number of fused-ring (bicyclic) bond motifs is 1. The van der Waals surface area contributed by atoms with E-state index in [0.717, 1.165) is 44.0 Å². The normalized spacial score (nSPS) is 17.4. The van der Waals surface area contributed by atoms with Crippen molar-refractivity contribution >= 4 is 23.6 Å². The molecular weight excluding hydrogens is 350 g/mol. The van der Waals surface area contributed by atoms with Crippen molar-refractivity contribution in [2.45, 2.75) is 12.8 Å². The van der Waals surface area contributed by atoms with Crippen molar-refractivity contribution in [2.24, 2.45) is 0 Å². The Kier molecular flexibility index (Phi) is 5.53. The number of hydrogen-bond acceptors (Lipinski definition) is 3. The van der Waals surface area contributed by atoms with Crippen molar-refractivity contribution in [1.29, 1.82) is 0 Å². The van der Waals surface area contributed by atoms with Gasteiger partial charge in [0.05, 0.1) is 0 Å². The summed E-state index contributed by atoms with van der Waals surface area (Å²) in [5.74, 6) is 0.128. The molecule has 2 aromatic carbocycles. The van der Waals surface area contributed by atoms with Crippen LogP contribution < -0.4 is 5.32 Å². The number of piperazine rings is 1. The van der Waals surface area contributed by atoms with E-state index >= 15 is 0 Å². The molecule has 28 heavy (non-hydrogen) atoms. The molecule has 0 atom stereocenters. The molecule has 0 radical (unpaired) electrons. The first kappa shape index (κ1) is 18.4. The fourth-order valence-electron chi connectivity index (χ4n) is 3.73. The average molecular weight is 375 g/mol. The standard InChI is InChI=1S/C23H25N3O2/c27-22-11-9-19-17-20(8-10-21(19)24-22)23(28)26-15-13-25(14-16-26)12-4-7-18-5-2-1-3-6-18/h1-8,10,17H,9,11-16H2,(H,24,27)/b7-4+. The van der Waals surface area contributed by atoms with Gasteiger partial charge >= 0.3 is 0 Å². The van der Waals surface area contributed by atoms with Crippen LogP contribution in [0.15, 0.2) is 54.6 Å². The van der Waals surface area contributed by atoms with Crippen molar-refractivity contribution < 1.29 is 9.59 Å². The minimum absolute atomic E-state index is 0.0454. The van der Waals surface area contributed by atoms with Gasteiger partial charge in [-0.2, -0.15) is 0 Å². The van der Waals surface area contributed by atoms with Crippen molar-refractivity contribution in [3.8, 4) is 0 Å². The van der Waals surface area contributed by atoms with Gasteiger partial charge in [0.2, 0.25) is 5.91 Å². The molecule has 1 saturated heterocycles. The number of aryl methyl sites for hydroxylation is 1. The molecule has 0 aromatic heterocycles. The van der Waals surface area contributed by atoms with Gasteiger partial charge in [0.1, 0.15) is 0 Å². The van der Waals surface area contributed by atoms with Crippen LogP contribution in [0.25, 0.3) is 6.08 Å². The first-order valence-corrected chi connectivity index (χ1v) is 9.85. The van der Waals surface area contributed by atoms with Gasteiger partial charge in [-0.3, -0.25) is 14.5 Å². The third-order valence-electron chi connectivity index (χ3n) is 5.38. The first-order chi connectivity index (χ1) is 13.7. The fourth-order valence-corrected chi connectivity index (χ4v) is 3.73. The minimum Gasteiger partial charge on any atom is -0.336 e. The van der Waals surface area contributed by atoms with Crippen LogP contribution in [0.4, 0.5) is 5.69 Å². The summed E-state index contributed by atoms with van der Waals surface area (Å²) in [6, 6.07) is 15.9. The summed E-state index contributed by atoms with van der Waals surface area (Å²) >= 11 is 0. The number of amides is 2. The molecule has 2 amide bonds. The number of carbonyl (C=O) groups is 2. The van der Waals surface area contributed by atoms with Gasteiger partial charge in [0.25, 0.3) is 5.91 Å². The van der Waals surface area contributed by atoms with Crippen LogP contribution in [0.1, 0.15) is 27.9 Å². The number of benzene rings is 2. The van der Waals surface area contributed by atoms with E-state index in [1.807, 2.05) is 41.3 Å². The molecule has 2 aliphatic rings. The van der Waals surface area contributed by atoms with Gasteiger partial charge < -0.3 is 10.2 Å². The molecule has 0 aliphatic carbocycles.